The van der Waals surface area contributed by atoms with E-state index in [0.29, 0.717) is 17.8 Å². The Labute approximate surface area is 115 Å². The van der Waals surface area contributed by atoms with Crippen LogP contribution in [0.5, 0.6) is 5.75 Å². The van der Waals surface area contributed by atoms with Gasteiger partial charge in [-0.2, -0.15) is 0 Å². The molecule has 1 aromatic rings. The van der Waals surface area contributed by atoms with E-state index in [1.807, 2.05) is 6.07 Å². The van der Waals surface area contributed by atoms with Crippen molar-refractivity contribution in [3.8, 4) is 5.75 Å². The van der Waals surface area contributed by atoms with Crippen LogP contribution in [0.3, 0.4) is 0 Å². The van der Waals surface area contributed by atoms with Gasteiger partial charge < -0.3 is 10.4 Å². The van der Waals surface area contributed by atoms with Gasteiger partial charge in [-0.3, -0.25) is 4.79 Å². The first-order valence-electron chi connectivity index (χ1n) is 7.04. The summed E-state index contributed by atoms with van der Waals surface area (Å²) in [5, 5.41) is 12.4. The van der Waals surface area contributed by atoms with Crippen molar-refractivity contribution < 1.29 is 9.90 Å². The van der Waals surface area contributed by atoms with E-state index >= 15 is 0 Å². The summed E-state index contributed by atoms with van der Waals surface area (Å²) in [5.41, 5.74) is 1.22. The van der Waals surface area contributed by atoms with E-state index < -0.39 is 0 Å². The van der Waals surface area contributed by atoms with Gasteiger partial charge in [-0.15, -0.1) is 0 Å². The predicted molar refractivity (Wildman–Crippen MR) is 75.9 cm³/mol. The van der Waals surface area contributed by atoms with Crippen LogP contribution in [0.1, 0.15) is 38.7 Å². The van der Waals surface area contributed by atoms with Gasteiger partial charge in [0.05, 0.1) is 6.42 Å². The second-order valence-corrected chi connectivity index (χ2v) is 6.22. The highest BCUT2D eigenvalue weighted by Gasteiger charge is 2.42. The highest BCUT2D eigenvalue weighted by Crippen LogP contribution is 2.49. The Hall–Kier alpha value is -1.51. The number of carbonyl (C=O) groups is 1. The van der Waals surface area contributed by atoms with Crippen molar-refractivity contribution >= 4 is 5.91 Å². The summed E-state index contributed by atoms with van der Waals surface area (Å²) in [4.78, 5) is 11.9. The molecule has 3 heteroatoms. The lowest BCUT2D eigenvalue weighted by Gasteiger charge is -2.18. The zero-order chi connectivity index (χ0) is 13.9. The second kappa shape index (κ2) is 5.64. The van der Waals surface area contributed by atoms with Crippen LogP contribution < -0.4 is 5.32 Å². The Balaban J connectivity index is 1.79. The Morgan fingerprint density at radius 1 is 1.42 bits per heavy atom. The minimum Gasteiger partial charge on any atom is -0.508 e. The minimum atomic E-state index is 0.0423. The van der Waals surface area contributed by atoms with Crippen LogP contribution in [-0.2, 0) is 11.2 Å². The van der Waals surface area contributed by atoms with E-state index in [4.69, 9.17) is 0 Å². The summed E-state index contributed by atoms with van der Waals surface area (Å²) in [6.07, 6.45) is 4.00. The van der Waals surface area contributed by atoms with Crippen LogP contribution in [0.25, 0.3) is 0 Å². The molecule has 0 radical (unpaired) electrons. The maximum atomic E-state index is 11.9. The summed E-state index contributed by atoms with van der Waals surface area (Å²) in [6.45, 7) is 5.26. The van der Waals surface area contributed by atoms with Gasteiger partial charge in [-0.1, -0.05) is 26.0 Å². The lowest BCUT2D eigenvalue weighted by molar-refractivity contribution is -0.120. The first-order chi connectivity index (χ1) is 8.99. The lowest BCUT2D eigenvalue weighted by atomic mass is 9.94. The maximum Gasteiger partial charge on any atom is 0.224 e. The summed E-state index contributed by atoms with van der Waals surface area (Å²) in [5.74, 6) is 0.940. The normalized spacial score (nSPS) is 16.4. The number of aromatic hydroxyl groups is 1. The fourth-order valence-corrected chi connectivity index (χ4v) is 2.70. The maximum absolute atomic E-state index is 11.9. The lowest BCUT2D eigenvalue weighted by Crippen LogP contribution is -2.32. The van der Waals surface area contributed by atoms with Crippen LogP contribution in [0.2, 0.25) is 0 Å². The van der Waals surface area contributed by atoms with Crippen molar-refractivity contribution in [3.63, 3.8) is 0 Å². The van der Waals surface area contributed by atoms with Gasteiger partial charge in [0.25, 0.3) is 0 Å². The summed E-state index contributed by atoms with van der Waals surface area (Å²) >= 11 is 0. The summed E-state index contributed by atoms with van der Waals surface area (Å²) in [7, 11) is 0. The van der Waals surface area contributed by atoms with Crippen LogP contribution in [0.4, 0.5) is 0 Å². The number of amides is 1. The van der Waals surface area contributed by atoms with Crippen molar-refractivity contribution in [2.45, 2.75) is 39.5 Å². The third-order valence-electron chi connectivity index (χ3n) is 3.73. The van der Waals surface area contributed by atoms with Crippen molar-refractivity contribution in [2.75, 3.05) is 6.54 Å². The first-order valence-corrected chi connectivity index (χ1v) is 7.04. The molecule has 104 valence electrons. The van der Waals surface area contributed by atoms with Crippen LogP contribution in [0.15, 0.2) is 24.3 Å². The average molecular weight is 261 g/mol. The molecule has 1 amide bonds. The first kappa shape index (κ1) is 13.9. The molecule has 0 unspecified atom stereocenters. The molecule has 1 saturated carbocycles. The number of nitrogens with one attached hydrogen (secondary N) is 1. The summed E-state index contributed by atoms with van der Waals surface area (Å²) < 4.78 is 0. The minimum absolute atomic E-state index is 0.0423. The van der Waals surface area contributed by atoms with E-state index in [-0.39, 0.29) is 11.7 Å². The van der Waals surface area contributed by atoms with E-state index in [2.05, 4.69) is 19.2 Å². The monoisotopic (exact) mass is 261 g/mol. The van der Waals surface area contributed by atoms with Crippen molar-refractivity contribution in [2.24, 2.45) is 11.3 Å². The molecule has 0 saturated heterocycles. The molecule has 1 aliphatic carbocycles. The smallest absolute Gasteiger partial charge is 0.224 e. The van der Waals surface area contributed by atoms with Gasteiger partial charge in [0.15, 0.2) is 0 Å². The largest absolute Gasteiger partial charge is 0.508 e. The highest BCUT2D eigenvalue weighted by molar-refractivity contribution is 5.78. The zero-order valence-electron chi connectivity index (χ0n) is 11.8. The number of hydrogen-bond acceptors (Lipinski definition) is 2. The predicted octanol–water partition coefficient (Wildman–Crippen LogP) is 2.88. The van der Waals surface area contributed by atoms with E-state index in [1.165, 1.54) is 19.3 Å². The molecule has 0 aliphatic heterocycles. The van der Waals surface area contributed by atoms with Gasteiger partial charge in [-0.05, 0) is 48.3 Å². The molecule has 0 atom stereocenters. The number of phenols is 1. The number of rotatable bonds is 6. The Morgan fingerprint density at radius 3 is 2.74 bits per heavy atom. The molecule has 1 aromatic carbocycles. The number of phenolic OH excluding ortho intramolecular Hbond substituents is 1. The van der Waals surface area contributed by atoms with E-state index in [1.54, 1.807) is 18.2 Å². The molecule has 2 N–H and O–H groups in total. The average Bonchev–Trinajstić information content (AvgIpc) is 3.06. The third kappa shape index (κ3) is 4.27. The quantitative estimate of drug-likeness (QED) is 0.827. The fourth-order valence-electron chi connectivity index (χ4n) is 2.70. The van der Waals surface area contributed by atoms with Crippen LogP contribution >= 0.6 is 0 Å². The van der Waals surface area contributed by atoms with Gasteiger partial charge >= 0.3 is 0 Å². The molecular weight excluding hydrogens is 238 g/mol. The SMILES string of the molecule is CC(C)CC1(CNC(=O)Cc2cccc(O)c2)CC1. The van der Waals surface area contributed by atoms with Crippen LogP contribution in [-0.4, -0.2) is 17.6 Å². The standard InChI is InChI=1S/C16H23NO2/c1-12(2)10-16(6-7-16)11-17-15(19)9-13-4-3-5-14(18)8-13/h3-5,8,12,18H,6-7,9-11H2,1-2H3,(H,17,19). The van der Waals surface area contributed by atoms with Crippen molar-refractivity contribution in [1.82, 2.24) is 5.32 Å². The van der Waals surface area contributed by atoms with Gasteiger partial charge in [0, 0.05) is 6.54 Å². The van der Waals surface area contributed by atoms with E-state index in [9.17, 15) is 9.90 Å². The van der Waals surface area contributed by atoms with Gasteiger partial charge in [-0.25, -0.2) is 0 Å². The molecule has 1 fully saturated rings. The molecule has 3 nitrogen and oxygen atoms in total. The van der Waals surface area contributed by atoms with E-state index in [0.717, 1.165) is 12.1 Å². The van der Waals surface area contributed by atoms with Gasteiger partial charge in [0.2, 0.25) is 5.91 Å². The Bertz CT molecular complexity index is 450. The highest BCUT2D eigenvalue weighted by atomic mass is 16.3. The number of carbonyl (C=O) groups excluding carboxylic acids is 1. The van der Waals surface area contributed by atoms with Gasteiger partial charge in [0.1, 0.15) is 5.75 Å². The molecular formula is C16H23NO2. The molecule has 19 heavy (non-hydrogen) atoms. The Kier molecular flexibility index (Phi) is 4.13. The van der Waals surface area contributed by atoms with Crippen molar-refractivity contribution in [3.05, 3.63) is 29.8 Å². The molecule has 0 bridgehead atoms. The molecule has 0 aromatic heterocycles. The zero-order valence-corrected chi connectivity index (χ0v) is 11.8. The second-order valence-electron chi connectivity index (χ2n) is 6.22. The third-order valence-corrected chi connectivity index (χ3v) is 3.73. The topological polar surface area (TPSA) is 49.3 Å². The molecule has 0 heterocycles. The number of hydrogen-bond donors (Lipinski definition) is 2. The number of benzene rings is 1. The molecule has 1 aliphatic rings. The fraction of sp³-hybridized carbons (Fsp3) is 0.562. The molecule has 0 spiro atoms. The van der Waals surface area contributed by atoms with Crippen LogP contribution in [0, 0.1) is 11.3 Å². The summed E-state index contributed by atoms with van der Waals surface area (Å²) in [6, 6.07) is 6.88. The Morgan fingerprint density at radius 2 is 2.16 bits per heavy atom. The molecule has 2 rings (SSSR count). The van der Waals surface area contributed by atoms with Crippen molar-refractivity contribution in [1.29, 1.82) is 0 Å².